The first-order chi connectivity index (χ1) is 9.22. The summed E-state index contributed by atoms with van der Waals surface area (Å²) in [6.45, 7) is 13.8. The highest BCUT2D eigenvalue weighted by Gasteiger charge is 2.24. The molecule has 0 saturated heterocycles. The Balaban J connectivity index is 2.18. The zero-order valence-corrected chi connectivity index (χ0v) is 14.8. The highest BCUT2D eigenvalue weighted by molar-refractivity contribution is 7.23. The fourth-order valence-electron chi connectivity index (χ4n) is 2.34. The second-order valence-corrected chi connectivity index (χ2v) is 9.42. The van der Waals surface area contributed by atoms with Gasteiger partial charge in [0.2, 0.25) is 0 Å². The summed E-state index contributed by atoms with van der Waals surface area (Å²) in [5.41, 5.74) is 1.82. The summed E-state index contributed by atoms with van der Waals surface area (Å²) >= 11 is 3.87. The molecule has 1 N–H and O–H groups in total. The molecule has 0 aliphatic rings. The van der Waals surface area contributed by atoms with Gasteiger partial charge in [0.1, 0.15) is 4.83 Å². The van der Waals surface area contributed by atoms with Crippen molar-refractivity contribution in [3.05, 3.63) is 21.9 Å². The smallest absolute Gasteiger partial charge is 0.102 e. The molecule has 0 bridgehead atoms. The number of aromatic nitrogens is 1. The third kappa shape index (κ3) is 2.11. The summed E-state index contributed by atoms with van der Waals surface area (Å²) in [5.74, 6) is 0. The van der Waals surface area contributed by atoms with Crippen LogP contribution in [0.4, 0.5) is 0 Å². The van der Waals surface area contributed by atoms with E-state index in [0.717, 1.165) is 0 Å². The van der Waals surface area contributed by atoms with E-state index in [9.17, 15) is 0 Å². The number of hydrogen-bond acceptors (Lipinski definition) is 2. The molecule has 0 aliphatic heterocycles. The van der Waals surface area contributed by atoms with E-state index in [-0.39, 0.29) is 10.8 Å². The van der Waals surface area contributed by atoms with Crippen LogP contribution in [0, 0.1) is 0 Å². The first-order valence-electron chi connectivity index (χ1n) is 7.28. The van der Waals surface area contributed by atoms with E-state index in [2.05, 4.69) is 58.7 Å². The van der Waals surface area contributed by atoms with Crippen LogP contribution >= 0.6 is 22.7 Å². The molecule has 0 unspecified atom stereocenters. The van der Waals surface area contributed by atoms with Crippen LogP contribution in [-0.2, 0) is 10.8 Å². The Morgan fingerprint density at radius 3 is 2.30 bits per heavy atom. The van der Waals surface area contributed by atoms with Crippen LogP contribution in [0.1, 0.15) is 57.7 Å². The van der Waals surface area contributed by atoms with Crippen LogP contribution in [0.25, 0.3) is 20.4 Å². The Hall–Kier alpha value is -0.800. The Morgan fingerprint density at radius 2 is 1.70 bits per heavy atom. The van der Waals surface area contributed by atoms with Crippen molar-refractivity contribution in [1.29, 1.82) is 0 Å². The molecule has 0 atom stereocenters. The predicted octanol–water partition coefficient (Wildman–Crippen LogP) is 6.43. The zero-order valence-electron chi connectivity index (χ0n) is 13.2. The van der Waals surface area contributed by atoms with Gasteiger partial charge in [-0.05, 0) is 29.4 Å². The molecule has 3 heterocycles. The van der Waals surface area contributed by atoms with E-state index < -0.39 is 0 Å². The SMILES string of the molecule is CCC(C)(C)c1cc2c([nH]c3cc(C(C)(C)C)sc32)s1. The minimum Gasteiger partial charge on any atom is -0.345 e. The lowest BCUT2D eigenvalue weighted by molar-refractivity contribution is 0.517. The van der Waals surface area contributed by atoms with E-state index in [1.807, 2.05) is 22.7 Å². The monoisotopic (exact) mass is 305 g/mol. The lowest BCUT2D eigenvalue weighted by Gasteiger charge is -2.20. The predicted molar refractivity (Wildman–Crippen MR) is 93.6 cm³/mol. The van der Waals surface area contributed by atoms with Crippen molar-refractivity contribution in [2.75, 3.05) is 0 Å². The Bertz CT molecular complexity index is 762. The third-order valence-electron chi connectivity index (χ3n) is 4.25. The fourth-order valence-corrected chi connectivity index (χ4v) is 4.84. The van der Waals surface area contributed by atoms with E-state index in [1.54, 1.807) is 0 Å². The third-order valence-corrected chi connectivity index (χ3v) is 7.26. The lowest BCUT2D eigenvalue weighted by Crippen LogP contribution is -2.12. The van der Waals surface area contributed by atoms with Gasteiger partial charge in [-0.1, -0.05) is 41.5 Å². The molecule has 3 heteroatoms. The number of hydrogen-bond donors (Lipinski definition) is 1. The molecular weight excluding hydrogens is 282 g/mol. The Morgan fingerprint density at radius 1 is 1.00 bits per heavy atom. The van der Waals surface area contributed by atoms with Crippen LogP contribution in [0.3, 0.4) is 0 Å². The van der Waals surface area contributed by atoms with Crippen LogP contribution in [-0.4, -0.2) is 4.98 Å². The molecule has 0 spiro atoms. The number of aromatic amines is 1. The van der Waals surface area contributed by atoms with Crippen LogP contribution in [0.5, 0.6) is 0 Å². The summed E-state index contributed by atoms with van der Waals surface area (Å²) in [6, 6.07) is 4.74. The molecule has 0 aliphatic carbocycles. The molecule has 0 aromatic carbocycles. The molecule has 0 radical (unpaired) electrons. The molecule has 0 saturated carbocycles. The maximum absolute atomic E-state index is 3.62. The van der Waals surface area contributed by atoms with Crippen molar-refractivity contribution in [3.63, 3.8) is 0 Å². The van der Waals surface area contributed by atoms with Gasteiger partial charge >= 0.3 is 0 Å². The summed E-state index contributed by atoms with van der Waals surface area (Å²) in [5, 5.41) is 1.42. The van der Waals surface area contributed by atoms with Crippen molar-refractivity contribution < 1.29 is 0 Å². The van der Waals surface area contributed by atoms with Crippen molar-refractivity contribution in [3.8, 4) is 0 Å². The fraction of sp³-hybridized carbons (Fsp3) is 0.529. The normalized spacial score (nSPS) is 13.7. The molecule has 1 nitrogen and oxygen atoms in total. The van der Waals surface area contributed by atoms with E-state index in [0.29, 0.717) is 0 Å². The van der Waals surface area contributed by atoms with Gasteiger partial charge in [-0.2, -0.15) is 0 Å². The number of fused-ring (bicyclic) bond motifs is 3. The summed E-state index contributed by atoms with van der Waals surface area (Å²) in [6.07, 6.45) is 1.18. The Labute approximate surface area is 129 Å². The first kappa shape index (κ1) is 14.2. The molecule has 3 aromatic rings. The molecule has 3 rings (SSSR count). The van der Waals surface area contributed by atoms with Crippen LogP contribution in [0.2, 0.25) is 0 Å². The van der Waals surface area contributed by atoms with Gasteiger partial charge in [-0.25, -0.2) is 0 Å². The van der Waals surface area contributed by atoms with E-state index in [4.69, 9.17) is 0 Å². The van der Waals surface area contributed by atoms with Gasteiger partial charge in [0.15, 0.2) is 0 Å². The summed E-state index contributed by atoms with van der Waals surface area (Å²) in [7, 11) is 0. The standard InChI is InChI=1S/C17H23NS2/c1-7-17(5,6)13-8-10-14-11(18-15(10)20-13)9-12(19-14)16(2,3)4/h8-9,18H,7H2,1-6H3. The van der Waals surface area contributed by atoms with Crippen LogP contribution in [0.15, 0.2) is 12.1 Å². The number of rotatable bonds is 2. The van der Waals surface area contributed by atoms with Crippen LogP contribution < -0.4 is 0 Å². The average Bonchev–Trinajstić information content (AvgIpc) is 2.96. The molecule has 0 fully saturated rings. The minimum atomic E-state index is 0.235. The van der Waals surface area contributed by atoms with E-state index >= 15 is 0 Å². The maximum atomic E-state index is 3.62. The topological polar surface area (TPSA) is 15.8 Å². The van der Waals surface area contributed by atoms with Crippen molar-refractivity contribution in [2.45, 2.75) is 58.8 Å². The molecule has 0 amide bonds. The average molecular weight is 306 g/mol. The second kappa shape index (κ2) is 4.35. The van der Waals surface area contributed by atoms with Gasteiger partial charge in [-0.3, -0.25) is 0 Å². The largest absolute Gasteiger partial charge is 0.345 e. The van der Waals surface area contributed by atoms with E-state index in [1.165, 1.54) is 36.6 Å². The number of nitrogens with one attached hydrogen (secondary N) is 1. The number of H-pyrrole nitrogens is 1. The highest BCUT2D eigenvalue weighted by Crippen LogP contribution is 2.43. The van der Waals surface area contributed by atoms with Gasteiger partial charge in [0.05, 0.1) is 10.2 Å². The van der Waals surface area contributed by atoms with Gasteiger partial charge < -0.3 is 4.98 Å². The first-order valence-corrected chi connectivity index (χ1v) is 8.91. The number of thiophene rings is 2. The Kier molecular flexibility index (Phi) is 3.07. The quantitative estimate of drug-likeness (QED) is 0.561. The zero-order chi connectivity index (χ0) is 14.7. The maximum Gasteiger partial charge on any atom is 0.102 e. The molecular formula is C17H23NS2. The minimum absolute atomic E-state index is 0.235. The highest BCUT2D eigenvalue weighted by atomic mass is 32.1. The van der Waals surface area contributed by atoms with Gasteiger partial charge in [-0.15, -0.1) is 22.7 Å². The second-order valence-electron chi connectivity index (χ2n) is 7.32. The lowest BCUT2D eigenvalue weighted by atomic mass is 9.88. The summed E-state index contributed by atoms with van der Waals surface area (Å²) in [4.78, 5) is 7.91. The molecule has 3 aromatic heterocycles. The van der Waals surface area contributed by atoms with Gasteiger partial charge in [0.25, 0.3) is 0 Å². The van der Waals surface area contributed by atoms with Crippen molar-refractivity contribution in [1.82, 2.24) is 4.98 Å². The van der Waals surface area contributed by atoms with Crippen molar-refractivity contribution in [2.24, 2.45) is 0 Å². The van der Waals surface area contributed by atoms with Gasteiger partial charge in [0, 0.05) is 15.1 Å². The molecule has 108 valence electrons. The summed E-state index contributed by atoms with van der Waals surface area (Å²) < 4.78 is 1.43. The molecule has 20 heavy (non-hydrogen) atoms. The van der Waals surface area contributed by atoms with Crippen molar-refractivity contribution >= 4 is 43.1 Å².